The van der Waals surface area contributed by atoms with Gasteiger partial charge in [-0.2, -0.15) is 0 Å². The summed E-state index contributed by atoms with van der Waals surface area (Å²) in [7, 11) is 3.66. The van der Waals surface area contributed by atoms with Crippen LogP contribution in [-0.4, -0.2) is 14.1 Å². The summed E-state index contributed by atoms with van der Waals surface area (Å²) in [5, 5.41) is 0.874. The molecular formula is C30H23N5O. The number of hydrogen-bond donors (Lipinski definition) is 1. The number of fused-ring (bicyclic) bond motifs is 1. The van der Waals surface area contributed by atoms with E-state index in [4.69, 9.17) is 18.7 Å². The second kappa shape index (κ2) is 8.70. The number of imidazole rings is 1. The molecule has 0 aliphatic heterocycles. The van der Waals surface area contributed by atoms with Crippen molar-refractivity contribution < 1.29 is 0 Å². The minimum atomic E-state index is -1.06. The molecule has 0 aliphatic carbocycles. The van der Waals surface area contributed by atoms with Crippen LogP contribution >= 0.6 is 0 Å². The average Bonchev–Trinajstić information content (AvgIpc) is 3.36. The predicted molar refractivity (Wildman–Crippen MR) is 143 cm³/mol. The highest BCUT2D eigenvalue weighted by Gasteiger charge is 2.35. The van der Waals surface area contributed by atoms with Crippen molar-refractivity contribution in [2.24, 2.45) is 19.8 Å². The topological polar surface area (TPSA) is 70.2 Å². The summed E-state index contributed by atoms with van der Waals surface area (Å²) in [4.78, 5) is 20.7. The number of nitrogens with zero attached hydrogens (tertiary/aromatic N) is 4. The zero-order chi connectivity index (χ0) is 25.4. The molecule has 0 fully saturated rings. The van der Waals surface area contributed by atoms with Crippen LogP contribution in [0.25, 0.3) is 26.9 Å². The van der Waals surface area contributed by atoms with Crippen LogP contribution in [-0.2, 0) is 19.6 Å². The lowest BCUT2D eigenvalue weighted by Gasteiger charge is -2.32. The minimum Gasteiger partial charge on any atom is -0.336 e. The summed E-state index contributed by atoms with van der Waals surface area (Å²) in [5.74, 6) is 2.67. The first-order valence-electron chi connectivity index (χ1n) is 11.3. The van der Waals surface area contributed by atoms with Gasteiger partial charge in [0.25, 0.3) is 5.56 Å². The second-order valence-electron chi connectivity index (χ2n) is 8.77. The smallest absolute Gasteiger partial charge is 0.251 e. The van der Waals surface area contributed by atoms with E-state index in [0.29, 0.717) is 5.69 Å². The molecular weight excluding hydrogens is 446 g/mol. The molecule has 2 aromatic heterocycles. The van der Waals surface area contributed by atoms with Crippen molar-refractivity contribution in [3.05, 3.63) is 129 Å². The highest BCUT2D eigenvalue weighted by atomic mass is 16.1. The largest absolute Gasteiger partial charge is 0.336 e. The van der Waals surface area contributed by atoms with Crippen LogP contribution in [0.1, 0.15) is 22.4 Å². The zero-order valence-electron chi connectivity index (χ0n) is 19.9. The number of pyridine rings is 1. The van der Waals surface area contributed by atoms with Gasteiger partial charge in [-0.15, -0.1) is 6.42 Å². The van der Waals surface area contributed by atoms with Gasteiger partial charge in [0, 0.05) is 31.1 Å². The Morgan fingerprint density at radius 3 is 2.44 bits per heavy atom. The zero-order valence-corrected chi connectivity index (χ0v) is 19.9. The third-order valence-corrected chi connectivity index (χ3v) is 6.71. The summed E-state index contributed by atoms with van der Waals surface area (Å²) in [5.41, 5.74) is 12.2. The summed E-state index contributed by atoms with van der Waals surface area (Å²) in [6.07, 6.45) is 9.11. The molecule has 0 amide bonds. The molecule has 6 heteroatoms. The fourth-order valence-electron chi connectivity index (χ4n) is 4.72. The summed E-state index contributed by atoms with van der Waals surface area (Å²) < 4.78 is 3.52. The minimum absolute atomic E-state index is 0.114. The molecule has 0 aliphatic rings. The monoisotopic (exact) mass is 469 g/mol. The summed E-state index contributed by atoms with van der Waals surface area (Å²) in [6.45, 7) is 7.31. The third-order valence-electron chi connectivity index (χ3n) is 6.71. The number of benzene rings is 3. The van der Waals surface area contributed by atoms with Gasteiger partial charge in [0.05, 0.1) is 30.3 Å². The van der Waals surface area contributed by atoms with Gasteiger partial charge in [-0.3, -0.25) is 4.79 Å². The normalized spacial score (nSPS) is 12.6. The van der Waals surface area contributed by atoms with E-state index in [1.165, 1.54) is 0 Å². The molecule has 0 spiro atoms. The van der Waals surface area contributed by atoms with Gasteiger partial charge >= 0.3 is 0 Å². The Kier molecular flexibility index (Phi) is 5.53. The van der Waals surface area contributed by atoms with Crippen LogP contribution in [0, 0.1) is 18.9 Å². The molecule has 0 unspecified atom stereocenters. The average molecular weight is 470 g/mol. The Balaban J connectivity index is 1.83. The van der Waals surface area contributed by atoms with Gasteiger partial charge in [0.1, 0.15) is 5.54 Å². The van der Waals surface area contributed by atoms with E-state index in [1.807, 2.05) is 66.2 Å². The highest BCUT2D eigenvalue weighted by molar-refractivity contribution is 5.95. The lowest BCUT2D eigenvalue weighted by molar-refractivity contribution is 0.596. The standard InChI is InChI=1S/C30H23N5O/c1-5-20-7-6-8-21(15-20)25-17-29(36)35(4)27-14-11-23(16-26(25)27)30(31,28-18-33-19-34(28)3)22-9-12-24(32-2)13-10-22/h1,6-19H,31H2,3-4H3/t30-/m1/s1. The van der Waals surface area contributed by atoms with Crippen molar-refractivity contribution in [3.63, 3.8) is 0 Å². The summed E-state index contributed by atoms with van der Waals surface area (Å²) >= 11 is 0. The van der Waals surface area contributed by atoms with Crippen molar-refractivity contribution in [1.29, 1.82) is 0 Å². The second-order valence-corrected chi connectivity index (χ2v) is 8.77. The van der Waals surface area contributed by atoms with Gasteiger partial charge in [0.15, 0.2) is 5.69 Å². The quantitative estimate of drug-likeness (QED) is 0.306. The van der Waals surface area contributed by atoms with Crippen molar-refractivity contribution in [3.8, 4) is 23.5 Å². The van der Waals surface area contributed by atoms with Crippen molar-refractivity contribution in [1.82, 2.24) is 14.1 Å². The maximum absolute atomic E-state index is 12.8. The van der Waals surface area contributed by atoms with Crippen LogP contribution in [0.2, 0.25) is 0 Å². The molecule has 5 aromatic rings. The van der Waals surface area contributed by atoms with E-state index in [1.54, 1.807) is 42.3 Å². The Hall–Kier alpha value is -4.91. The maximum atomic E-state index is 12.8. The molecule has 0 saturated heterocycles. The van der Waals surface area contributed by atoms with E-state index in [2.05, 4.69) is 15.7 Å². The molecule has 0 saturated carbocycles. The van der Waals surface area contributed by atoms with Crippen molar-refractivity contribution >= 4 is 16.6 Å². The van der Waals surface area contributed by atoms with E-state index >= 15 is 0 Å². The lowest BCUT2D eigenvalue weighted by Crippen LogP contribution is -2.41. The molecule has 2 N–H and O–H groups in total. The van der Waals surface area contributed by atoms with Gasteiger partial charge in [-0.25, -0.2) is 9.83 Å². The molecule has 36 heavy (non-hydrogen) atoms. The van der Waals surface area contributed by atoms with Crippen LogP contribution in [0.4, 0.5) is 5.69 Å². The van der Waals surface area contributed by atoms with Crippen LogP contribution in [0.3, 0.4) is 0 Å². The molecule has 2 heterocycles. The first-order chi connectivity index (χ1) is 17.4. The SMILES string of the molecule is [C-]#[N+]c1ccc([C@@](N)(c2ccc3c(c2)c(-c2cccc(C#C)c2)cc(=O)n3C)c2cncn2C)cc1. The predicted octanol–water partition coefficient (Wildman–Crippen LogP) is 4.72. The van der Waals surface area contributed by atoms with Crippen LogP contribution in [0.15, 0.2) is 90.1 Å². The van der Waals surface area contributed by atoms with Crippen molar-refractivity contribution in [2.45, 2.75) is 5.54 Å². The fraction of sp³-hybridized carbons (Fsp3) is 0.100. The van der Waals surface area contributed by atoms with Gasteiger partial charge < -0.3 is 14.9 Å². The lowest BCUT2D eigenvalue weighted by atomic mass is 9.80. The molecule has 0 bridgehead atoms. The van der Waals surface area contributed by atoms with E-state index in [-0.39, 0.29) is 5.56 Å². The first-order valence-corrected chi connectivity index (χ1v) is 11.3. The maximum Gasteiger partial charge on any atom is 0.251 e. The Morgan fingerprint density at radius 2 is 1.78 bits per heavy atom. The molecule has 174 valence electrons. The number of aryl methyl sites for hydroxylation is 2. The number of terminal acetylenes is 1. The summed E-state index contributed by atoms with van der Waals surface area (Å²) in [6, 6.07) is 22.4. The van der Waals surface area contributed by atoms with Crippen molar-refractivity contribution in [2.75, 3.05) is 0 Å². The molecule has 6 nitrogen and oxygen atoms in total. The number of hydrogen-bond acceptors (Lipinski definition) is 3. The molecule has 3 aromatic carbocycles. The Bertz CT molecular complexity index is 1760. The third kappa shape index (κ3) is 3.58. The Morgan fingerprint density at radius 1 is 1.03 bits per heavy atom. The van der Waals surface area contributed by atoms with Gasteiger partial charge in [-0.05, 0) is 46.5 Å². The van der Waals surface area contributed by atoms with E-state index in [9.17, 15) is 4.79 Å². The van der Waals surface area contributed by atoms with Crippen LogP contribution < -0.4 is 11.3 Å². The number of rotatable bonds is 4. The van der Waals surface area contributed by atoms with Gasteiger partial charge in [-0.1, -0.05) is 48.4 Å². The van der Waals surface area contributed by atoms with Crippen LogP contribution in [0.5, 0.6) is 0 Å². The molecule has 1 atom stereocenters. The highest BCUT2D eigenvalue weighted by Crippen LogP contribution is 2.38. The number of nitrogens with two attached hydrogens (primary N) is 1. The Labute approximate surface area is 209 Å². The van der Waals surface area contributed by atoms with E-state index in [0.717, 1.165) is 44.4 Å². The fourth-order valence-corrected chi connectivity index (χ4v) is 4.72. The van der Waals surface area contributed by atoms with Gasteiger partial charge in [0.2, 0.25) is 0 Å². The van der Waals surface area contributed by atoms with E-state index < -0.39 is 5.54 Å². The molecule has 5 rings (SSSR count). The first kappa shape index (κ1) is 22.9. The number of aromatic nitrogens is 3. The molecule has 0 radical (unpaired) electrons.